The standard InChI is InChI=1S/C13H12N4O/c14-7-9-1-6-12-15-13(16-17(12)8-9)10-2-4-11(18)5-3-10/h1-6,8,18H,7,14H2. The number of pyridine rings is 1. The lowest BCUT2D eigenvalue weighted by molar-refractivity contribution is 0.475. The van der Waals surface area contributed by atoms with E-state index in [1.807, 2.05) is 18.3 Å². The van der Waals surface area contributed by atoms with E-state index in [1.165, 1.54) is 0 Å². The van der Waals surface area contributed by atoms with Gasteiger partial charge < -0.3 is 10.8 Å². The van der Waals surface area contributed by atoms with Crippen molar-refractivity contribution >= 4 is 5.65 Å². The molecule has 0 amide bonds. The molecule has 3 aromatic rings. The molecule has 2 aromatic heterocycles. The van der Waals surface area contributed by atoms with Crippen molar-refractivity contribution in [2.75, 3.05) is 0 Å². The van der Waals surface area contributed by atoms with Gasteiger partial charge in [-0.3, -0.25) is 0 Å². The van der Waals surface area contributed by atoms with Gasteiger partial charge in [-0.15, -0.1) is 5.10 Å². The minimum Gasteiger partial charge on any atom is -0.508 e. The lowest BCUT2D eigenvalue weighted by Crippen LogP contribution is -1.98. The van der Waals surface area contributed by atoms with Crippen LogP contribution < -0.4 is 5.73 Å². The number of phenols is 1. The number of nitrogens with zero attached hydrogens (tertiary/aromatic N) is 3. The maximum atomic E-state index is 9.25. The first kappa shape index (κ1) is 10.7. The minimum absolute atomic E-state index is 0.230. The Balaban J connectivity index is 2.10. The molecule has 2 heterocycles. The van der Waals surface area contributed by atoms with Crippen LogP contribution in [-0.4, -0.2) is 19.7 Å². The summed E-state index contributed by atoms with van der Waals surface area (Å²) in [6.45, 7) is 0.477. The van der Waals surface area contributed by atoms with Gasteiger partial charge in [-0.2, -0.15) is 0 Å². The summed E-state index contributed by atoms with van der Waals surface area (Å²) >= 11 is 0. The fourth-order valence-corrected chi connectivity index (χ4v) is 1.78. The third-order valence-electron chi connectivity index (χ3n) is 2.75. The number of phenolic OH excluding ortho intramolecular Hbond substituents is 1. The van der Waals surface area contributed by atoms with Crippen molar-refractivity contribution in [3.05, 3.63) is 48.2 Å². The molecular formula is C13H12N4O. The molecular weight excluding hydrogens is 228 g/mol. The number of nitrogens with two attached hydrogens (primary N) is 1. The van der Waals surface area contributed by atoms with Crippen molar-refractivity contribution in [1.29, 1.82) is 0 Å². The Kier molecular flexibility index (Phi) is 2.46. The van der Waals surface area contributed by atoms with E-state index in [-0.39, 0.29) is 5.75 Å². The Bertz CT molecular complexity index is 688. The zero-order valence-corrected chi connectivity index (χ0v) is 9.61. The maximum absolute atomic E-state index is 9.25. The second-order valence-corrected chi connectivity index (χ2v) is 4.03. The first-order chi connectivity index (χ1) is 8.76. The number of fused-ring (bicyclic) bond motifs is 1. The molecule has 5 heteroatoms. The highest BCUT2D eigenvalue weighted by atomic mass is 16.3. The third-order valence-corrected chi connectivity index (χ3v) is 2.75. The van der Waals surface area contributed by atoms with Crippen molar-refractivity contribution < 1.29 is 5.11 Å². The number of aromatic nitrogens is 3. The second-order valence-electron chi connectivity index (χ2n) is 4.03. The fraction of sp³-hybridized carbons (Fsp3) is 0.0769. The van der Waals surface area contributed by atoms with E-state index in [9.17, 15) is 5.11 Å². The van der Waals surface area contributed by atoms with Crippen LogP contribution in [0.2, 0.25) is 0 Å². The predicted octanol–water partition coefficient (Wildman–Crippen LogP) is 1.56. The van der Waals surface area contributed by atoms with Crippen molar-refractivity contribution in [3.63, 3.8) is 0 Å². The molecule has 90 valence electrons. The van der Waals surface area contributed by atoms with E-state index in [2.05, 4.69) is 10.1 Å². The minimum atomic E-state index is 0.230. The molecule has 0 spiro atoms. The highest BCUT2D eigenvalue weighted by molar-refractivity contribution is 5.59. The Hall–Kier alpha value is -2.40. The van der Waals surface area contributed by atoms with Gasteiger partial charge in [-0.25, -0.2) is 9.50 Å². The first-order valence-corrected chi connectivity index (χ1v) is 5.61. The smallest absolute Gasteiger partial charge is 0.182 e. The Morgan fingerprint density at radius 3 is 2.61 bits per heavy atom. The first-order valence-electron chi connectivity index (χ1n) is 5.61. The number of hydrogen-bond donors (Lipinski definition) is 2. The van der Waals surface area contributed by atoms with Crippen LogP contribution in [0.5, 0.6) is 5.75 Å². The molecule has 0 aliphatic rings. The largest absolute Gasteiger partial charge is 0.508 e. The van der Waals surface area contributed by atoms with Gasteiger partial charge in [0.05, 0.1) is 0 Å². The van der Waals surface area contributed by atoms with E-state index in [4.69, 9.17) is 5.73 Å². The average molecular weight is 240 g/mol. The van der Waals surface area contributed by atoms with E-state index in [0.717, 1.165) is 16.8 Å². The maximum Gasteiger partial charge on any atom is 0.182 e. The molecule has 0 radical (unpaired) electrons. The summed E-state index contributed by atoms with van der Waals surface area (Å²) in [6.07, 6.45) is 1.87. The van der Waals surface area contributed by atoms with Gasteiger partial charge in [0.2, 0.25) is 0 Å². The molecule has 5 nitrogen and oxygen atoms in total. The molecule has 0 aliphatic heterocycles. The summed E-state index contributed by atoms with van der Waals surface area (Å²) < 4.78 is 1.71. The summed E-state index contributed by atoms with van der Waals surface area (Å²) in [7, 11) is 0. The average Bonchev–Trinajstić information content (AvgIpc) is 2.82. The molecule has 0 saturated heterocycles. The molecule has 0 bridgehead atoms. The molecule has 0 unspecified atom stereocenters. The van der Waals surface area contributed by atoms with Gasteiger partial charge in [0.15, 0.2) is 11.5 Å². The van der Waals surface area contributed by atoms with E-state index in [0.29, 0.717) is 12.4 Å². The van der Waals surface area contributed by atoms with Crippen molar-refractivity contribution in [2.45, 2.75) is 6.54 Å². The van der Waals surface area contributed by atoms with E-state index >= 15 is 0 Å². The normalized spacial score (nSPS) is 10.9. The van der Waals surface area contributed by atoms with E-state index < -0.39 is 0 Å². The molecule has 0 aliphatic carbocycles. The van der Waals surface area contributed by atoms with Crippen LogP contribution in [0.15, 0.2) is 42.6 Å². The SMILES string of the molecule is NCc1ccc2nc(-c3ccc(O)cc3)nn2c1. The Morgan fingerprint density at radius 2 is 1.89 bits per heavy atom. The van der Waals surface area contributed by atoms with Crippen LogP contribution >= 0.6 is 0 Å². The van der Waals surface area contributed by atoms with Crippen LogP contribution in [0.1, 0.15) is 5.56 Å². The van der Waals surface area contributed by atoms with Crippen LogP contribution in [0.4, 0.5) is 0 Å². The van der Waals surface area contributed by atoms with Gasteiger partial charge in [0, 0.05) is 18.3 Å². The summed E-state index contributed by atoms with van der Waals surface area (Å²) in [4.78, 5) is 4.42. The zero-order chi connectivity index (χ0) is 12.5. The lowest BCUT2D eigenvalue weighted by atomic mass is 10.2. The van der Waals surface area contributed by atoms with Crippen molar-refractivity contribution in [1.82, 2.24) is 14.6 Å². The molecule has 18 heavy (non-hydrogen) atoms. The van der Waals surface area contributed by atoms with Crippen LogP contribution in [0.25, 0.3) is 17.0 Å². The number of benzene rings is 1. The Labute approximate surface area is 104 Å². The van der Waals surface area contributed by atoms with E-state index in [1.54, 1.807) is 28.8 Å². The zero-order valence-electron chi connectivity index (χ0n) is 9.61. The van der Waals surface area contributed by atoms with Crippen molar-refractivity contribution in [3.8, 4) is 17.1 Å². The van der Waals surface area contributed by atoms with Gasteiger partial charge in [-0.1, -0.05) is 6.07 Å². The van der Waals surface area contributed by atoms with Crippen molar-refractivity contribution in [2.24, 2.45) is 5.73 Å². The topological polar surface area (TPSA) is 76.4 Å². The highest BCUT2D eigenvalue weighted by Gasteiger charge is 2.06. The fourth-order valence-electron chi connectivity index (χ4n) is 1.78. The summed E-state index contributed by atoms with van der Waals surface area (Å²) in [5.41, 5.74) is 8.23. The summed E-state index contributed by atoms with van der Waals surface area (Å²) in [5.74, 6) is 0.858. The molecule has 1 aromatic carbocycles. The van der Waals surface area contributed by atoms with Crippen LogP contribution in [0, 0.1) is 0 Å². The van der Waals surface area contributed by atoms with Gasteiger partial charge in [-0.05, 0) is 35.9 Å². The summed E-state index contributed by atoms with van der Waals surface area (Å²) in [6, 6.07) is 10.6. The van der Waals surface area contributed by atoms with Crippen LogP contribution in [0.3, 0.4) is 0 Å². The number of hydrogen-bond acceptors (Lipinski definition) is 4. The third kappa shape index (κ3) is 1.80. The number of rotatable bonds is 2. The quantitative estimate of drug-likeness (QED) is 0.712. The monoisotopic (exact) mass is 240 g/mol. The predicted molar refractivity (Wildman–Crippen MR) is 68.0 cm³/mol. The molecule has 0 fully saturated rings. The summed E-state index contributed by atoms with van der Waals surface area (Å²) in [5, 5.41) is 13.6. The molecule has 3 rings (SSSR count). The van der Waals surface area contributed by atoms with Gasteiger partial charge >= 0.3 is 0 Å². The lowest BCUT2D eigenvalue weighted by Gasteiger charge is -1.95. The highest BCUT2D eigenvalue weighted by Crippen LogP contribution is 2.19. The van der Waals surface area contributed by atoms with Crippen LogP contribution in [-0.2, 0) is 6.54 Å². The Morgan fingerprint density at radius 1 is 1.11 bits per heavy atom. The molecule has 3 N–H and O–H groups in total. The van der Waals surface area contributed by atoms with Gasteiger partial charge in [0.25, 0.3) is 0 Å². The van der Waals surface area contributed by atoms with Gasteiger partial charge in [0.1, 0.15) is 5.75 Å². The number of aromatic hydroxyl groups is 1. The molecule has 0 atom stereocenters. The molecule has 0 saturated carbocycles. The second kappa shape index (κ2) is 4.12.